The molecule has 0 aromatic rings. The van der Waals surface area contributed by atoms with Crippen LogP contribution in [0.5, 0.6) is 0 Å². The van der Waals surface area contributed by atoms with Gasteiger partial charge >= 0.3 is 0 Å². The third-order valence-electron chi connectivity index (χ3n) is 2.37. The molecule has 84 valence electrons. The summed E-state index contributed by atoms with van der Waals surface area (Å²) in [6.07, 6.45) is 3.63. The van der Waals surface area contributed by atoms with E-state index in [0.717, 1.165) is 25.7 Å². The molecule has 14 heavy (non-hydrogen) atoms. The van der Waals surface area contributed by atoms with Crippen LogP contribution in [0.4, 0.5) is 0 Å². The van der Waals surface area contributed by atoms with Crippen LogP contribution in [0.2, 0.25) is 0 Å². The smallest absolute Gasteiger partial charge is 0.277 e. The molecule has 6 heteroatoms. The van der Waals surface area contributed by atoms with Crippen LogP contribution in [0.3, 0.4) is 0 Å². The molecule has 0 radical (unpaired) electrons. The van der Waals surface area contributed by atoms with Gasteiger partial charge in [0.1, 0.15) is 0 Å². The molecule has 1 fully saturated rings. The van der Waals surface area contributed by atoms with Gasteiger partial charge in [0.25, 0.3) is 10.2 Å². The van der Waals surface area contributed by atoms with E-state index >= 15 is 0 Å². The summed E-state index contributed by atoms with van der Waals surface area (Å²) in [4.78, 5) is 0. The Hall–Kier alpha value is -0.170. The first-order valence-electron chi connectivity index (χ1n) is 5.06. The lowest BCUT2D eigenvalue weighted by Crippen LogP contribution is -2.46. The van der Waals surface area contributed by atoms with E-state index in [1.54, 1.807) is 6.92 Å². The summed E-state index contributed by atoms with van der Waals surface area (Å²) in [6.45, 7) is 2.17. The standard InChI is InChI=1S/C8H19N3O2S/c1-2-10-14(12,13)11-8-5-3-4-7(9)6-8/h7-8,10-11H,2-6,9H2,1H3. The number of nitrogens with two attached hydrogens (primary N) is 1. The van der Waals surface area contributed by atoms with Crippen molar-refractivity contribution in [3.05, 3.63) is 0 Å². The van der Waals surface area contributed by atoms with E-state index in [-0.39, 0.29) is 12.1 Å². The van der Waals surface area contributed by atoms with Crippen LogP contribution in [-0.4, -0.2) is 27.0 Å². The first-order chi connectivity index (χ1) is 6.53. The normalized spacial score (nSPS) is 29.0. The molecule has 1 aliphatic rings. The summed E-state index contributed by atoms with van der Waals surface area (Å²) >= 11 is 0. The molecule has 0 amide bonds. The molecule has 2 atom stereocenters. The second kappa shape index (κ2) is 5.06. The molecule has 0 saturated heterocycles. The first kappa shape index (κ1) is 11.9. The van der Waals surface area contributed by atoms with Crippen LogP contribution < -0.4 is 15.2 Å². The minimum absolute atomic E-state index is 0.00259. The first-order valence-corrected chi connectivity index (χ1v) is 6.54. The van der Waals surface area contributed by atoms with Crippen molar-refractivity contribution in [3.8, 4) is 0 Å². The summed E-state index contributed by atoms with van der Waals surface area (Å²) in [7, 11) is -3.31. The fourth-order valence-electron chi connectivity index (χ4n) is 1.79. The molecule has 4 N–H and O–H groups in total. The lowest BCUT2D eigenvalue weighted by molar-refractivity contribution is 0.370. The highest BCUT2D eigenvalue weighted by atomic mass is 32.2. The van der Waals surface area contributed by atoms with E-state index in [0.29, 0.717) is 6.54 Å². The number of hydrogen-bond donors (Lipinski definition) is 3. The van der Waals surface area contributed by atoms with Gasteiger partial charge in [-0.1, -0.05) is 13.3 Å². The maximum atomic E-state index is 11.3. The number of hydrogen-bond acceptors (Lipinski definition) is 3. The Morgan fingerprint density at radius 3 is 2.71 bits per heavy atom. The van der Waals surface area contributed by atoms with Gasteiger partial charge in [-0.3, -0.25) is 0 Å². The Morgan fingerprint density at radius 2 is 2.14 bits per heavy atom. The Bertz CT molecular complexity index is 266. The van der Waals surface area contributed by atoms with Gasteiger partial charge in [-0.15, -0.1) is 0 Å². The van der Waals surface area contributed by atoms with Gasteiger partial charge in [0.2, 0.25) is 0 Å². The number of nitrogens with one attached hydrogen (secondary N) is 2. The molecule has 0 aromatic heterocycles. The van der Waals surface area contributed by atoms with Crippen molar-refractivity contribution in [2.75, 3.05) is 6.54 Å². The van der Waals surface area contributed by atoms with Crippen LogP contribution in [-0.2, 0) is 10.2 Å². The van der Waals surface area contributed by atoms with Crippen molar-refractivity contribution in [3.63, 3.8) is 0 Å². The van der Waals surface area contributed by atoms with Crippen LogP contribution in [0, 0.1) is 0 Å². The lowest BCUT2D eigenvalue weighted by atomic mass is 9.92. The van der Waals surface area contributed by atoms with E-state index in [2.05, 4.69) is 9.44 Å². The summed E-state index contributed by atoms with van der Waals surface area (Å²) in [6, 6.07) is 0.140. The van der Waals surface area contributed by atoms with Crippen molar-refractivity contribution >= 4 is 10.2 Å². The lowest BCUT2D eigenvalue weighted by Gasteiger charge is -2.26. The molecule has 0 bridgehead atoms. The van der Waals surface area contributed by atoms with Crippen molar-refractivity contribution in [2.24, 2.45) is 5.73 Å². The average Bonchev–Trinajstić information content (AvgIpc) is 2.02. The third-order valence-corrected chi connectivity index (χ3v) is 3.68. The molecule has 0 aromatic carbocycles. The molecule has 5 nitrogen and oxygen atoms in total. The summed E-state index contributed by atoms with van der Waals surface area (Å²) in [5.74, 6) is 0. The summed E-state index contributed by atoms with van der Waals surface area (Å²) < 4.78 is 27.7. The molecule has 0 heterocycles. The molecular weight excluding hydrogens is 202 g/mol. The monoisotopic (exact) mass is 221 g/mol. The van der Waals surface area contributed by atoms with Gasteiger partial charge in [-0.05, 0) is 19.3 Å². The SMILES string of the molecule is CCNS(=O)(=O)NC1CCCC(N)C1. The average molecular weight is 221 g/mol. The minimum Gasteiger partial charge on any atom is -0.328 e. The Morgan fingerprint density at radius 1 is 1.43 bits per heavy atom. The van der Waals surface area contributed by atoms with Gasteiger partial charge in [0.05, 0.1) is 0 Å². The second-order valence-electron chi connectivity index (χ2n) is 3.74. The predicted molar refractivity (Wildman–Crippen MR) is 56.0 cm³/mol. The molecular formula is C8H19N3O2S. The third kappa shape index (κ3) is 3.91. The zero-order chi connectivity index (χ0) is 10.6. The highest BCUT2D eigenvalue weighted by Gasteiger charge is 2.22. The second-order valence-corrected chi connectivity index (χ2v) is 5.27. The maximum Gasteiger partial charge on any atom is 0.277 e. The fourth-order valence-corrected chi connectivity index (χ4v) is 2.90. The van der Waals surface area contributed by atoms with Gasteiger partial charge in [0, 0.05) is 18.6 Å². The summed E-state index contributed by atoms with van der Waals surface area (Å²) in [5.41, 5.74) is 5.76. The van der Waals surface area contributed by atoms with Crippen molar-refractivity contribution in [2.45, 2.75) is 44.7 Å². The molecule has 1 saturated carbocycles. The molecule has 0 spiro atoms. The van der Waals surface area contributed by atoms with Crippen LogP contribution in [0.1, 0.15) is 32.6 Å². The Kier molecular flexibility index (Phi) is 4.31. The highest BCUT2D eigenvalue weighted by molar-refractivity contribution is 7.87. The van der Waals surface area contributed by atoms with Gasteiger partial charge in [-0.2, -0.15) is 13.1 Å². The van der Waals surface area contributed by atoms with E-state index < -0.39 is 10.2 Å². The largest absolute Gasteiger partial charge is 0.328 e. The van der Waals surface area contributed by atoms with Crippen LogP contribution >= 0.6 is 0 Å². The Balaban J connectivity index is 2.43. The van der Waals surface area contributed by atoms with Crippen molar-refractivity contribution in [1.82, 2.24) is 9.44 Å². The van der Waals surface area contributed by atoms with E-state index in [4.69, 9.17) is 5.73 Å². The molecule has 1 aliphatic carbocycles. The van der Waals surface area contributed by atoms with Crippen LogP contribution in [0.15, 0.2) is 0 Å². The van der Waals surface area contributed by atoms with Gasteiger partial charge in [0.15, 0.2) is 0 Å². The highest BCUT2D eigenvalue weighted by Crippen LogP contribution is 2.17. The van der Waals surface area contributed by atoms with Crippen molar-refractivity contribution < 1.29 is 8.42 Å². The Labute approximate surface area is 85.6 Å². The molecule has 1 rings (SSSR count). The minimum atomic E-state index is -3.31. The van der Waals surface area contributed by atoms with Gasteiger partial charge in [-0.25, -0.2) is 4.72 Å². The summed E-state index contributed by atoms with van der Waals surface area (Å²) in [5, 5.41) is 0. The molecule has 0 aliphatic heterocycles. The van der Waals surface area contributed by atoms with Crippen LogP contribution in [0.25, 0.3) is 0 Å². The topological polar surface area (TPSA) is 84.2 Å². The van der Waals surface area contributed by atoms with E-state index in [1.165, 1.54) is 0 Å². The maximum absolute atomic E-state index is 11.3. The fraction of sp³-hybridized carbons (Fsp3) is 1.00. The van der Waals surface area contributed by atoms with E-state index in [1.807, 2.05) is 0 Å². The zero-order valence-electron chi connectivity index (χ0n) is 8.49. The zero-order valence-corrected chi connectivity index (χ0v) is 9.31. The van der Waals surface area contributed by atoms with Crippen molar-refractivity contribution in [1.29, 1.82) is 0 Å². The quantitative estimate of drug-likeness (QED) is 0.609. The molecule has 2 unspecified atom stereocenters. The number of rotatable bonds is 4. The van der Waals surface area contributed by atoms with E-state index in [9.17, 15) is 8.42 Å². The van der Waals surface area contributed by atoms with Gasteiger partial charge < -0.3 is 5.73 Å². The predicted octanol–water partition coefficient (Wildman–Crippen LogP) is -0.300.